The summed E-state index contributed by atoms with van der Waals surface area (Å²) < 4.78 is 15.1. The molecule has 2 rings (SSSR count). The van der Waals surface area contributed by atoms with Crippen LogP contribution in [0.3, 0.4) is 0 Å². The summed E-state index contributed by atoms with van der Waals surface area (Å²) in [4.78, 5) is 0. The molecule has 2 aliphatic heterocycles. The predicted octanol–water partition coefficient (Wildman–Crippen LogP) is -0.672. The van der Waals surface area contributed by atoms with Gasteiger partial charge in [-0.15, -0.1) is 0 Å². The molecule has 15 heavy (non-hydrogen) atoms. The van der Waals surface area contributed by atoms with Crippen LogP contribution in [0.25, 0.3) is 0 Å². The first-order valence-electron chi connectivity index (χ1n) is 5.04. The van der Waals surface area contributed by atoms with E-state index < -0.39 is 0 Å². The van der Waals surface area contributed by atoms with E-state index >= 15 is 0 Å². The molecule has 2 N–H and O–H groups in total. The number of aliphatic hydroxyl groups excluding tert-OH is 2. The Morgan fingerprint density at radius 2 is 1.40 bits per heavy atom. The van der Waals surface area contributed by atoms with Gasteiger partial charge in [0.2, 0.25) is 0 Å². The molecule has 0 spiro atoms. The topological polar surface area (TPSA) is 74.8 Å². The maximum Gasteiger partial charge on any atom is 0.104 e. The fourth-order valence-corrected chi connectivity index (χ4v) is 0.809. The molecule has 0 bridgehead atoms. The molecular formula is C10H18O5. The van der Waals surface area contributed by atoms with Crippen LogP contribution in [0, 0.1) is 0 Å². The highest BCUT2D eigenvalue weighted by Gasteiger charge is 2.26. The lowest BCUT2D eigenvalue weighted by molar-refractivity contribution is 0.102. The Kier molecular flexibility index (Phi) is 6.54. The van der Waals surface area contributed by atoms with Crippen LogP contribution in [0.5, 0.6) is 0 Å². The molecule has 0 aromatic heterocycles. The number of hydrogen-bond donors (Lipinski definition) is 2. The highest BCUT2D eigenvalue weighted by Crippen LogP contribution is 2.12. The van der Waals surface area contributed by atoms with E-state index in [0.717, 1.165) is 26.4 Å². The third-order valence-corrected chi connectivity index (χ3v) is 1.79. The summed E-state index contributed by atoms with van der Waals surface area (Å²) in [6, 6.07) is 0. The Bertz CT molecular complexity index is 157. The molecule has 2 unspecified atom stereocenters. The van der Waals surface area contributed by atoms with Gasteiger partial charge in [-0.1, -0.05) is 12.2 Å². The molecule has 0 amide bonds. The Morgan fingerprint density at radius 1 is 1.00 bits per heavy atom. The van der Waals surface area contributed by atoms with Crippen molar-refractivity contribution in [2.75, 3.05) is 39.6 Å². The molecule has 88 valence electrons. The number of rotatable bonds is 6. The van der Waals surface area contributed by atoms with E-state index in [2.05, 4.69) is 0 Å². The molecule has 2 atom stereocenters. The van der Waals surface area contributed by atoms with Gasteiger partial charge in [-0.3, -0.25) is 0 Å². The maximum absolute atomic E-state index is 8.00. The van der Waals surface area contributed by atoms with E-state index in [0.29, 0.717) is 12.2 Å². The molecule has 2 saturated heterocycles. The second-order valence-electron chi connectivity index (χ2n) is 3.28. The molecule has 0 aromatic carbocycles. The first-order chi connectivity index (χ1) is 7.36. The lowest BCUT2D eigenvalue weighted by Crippen LogP contribution is -2.06. The van der Waals surface area contributed by atoms with Gasteiger partial charge in [-0.25, -0.2) is 0 Å². The van der Waals surface area contributed by atoms with E-state index in [-0.39, 0.29) is 13.2 Å². The van der Waals surface area contributed by atoms with Gasteiger partial charge in [0.05, 0.1) is 39.6 Å². The normalized spacial score (nSPS) is 27.3. The lowest BCUT2D eigenvalue weighted by atomic mass is 10.5. The second kappa shape index (κ2) is 7.78. The van der Waals surface area contributed by atoms with Crippen molar-refractivity contribution in [1.82, 2.24) is 0 Å². The molecular weight excluding hydrogens is 200 g/mol. The highest BCUT2D eigenvalue weighted by molar-refractivity contribution is 4.78. The molecule has 0 saturated carbocycles. The molecule has 0 aromatic rings. The average Bonchev–Trinajstić information content (AvgIpc) is 3.08. The largest absolute Gasteiger partial charge is 0.392 e. The zero-order valence-corrected chi connectivity index (χ0v) is 8.67. The second-order valence-corrected chi connectivity index (χ2v) is 3.28. The summed E-state index contributed by atoms with van der Waals surface area (Å²) in [5, 5.41) is 16.0. The van der Waals surface area contributed by atoms with E-state index in [1.807, 2.05) is 0 Å². The zero-order chi connectivity index (χ0) is 10.9. The van der Waals surface area contributed by atoms with E-state index in [9.17, 15) is 0 Å². The quantitative estimate of drug-likeness (QED) is 0.457. The first-order valence-corrected chi connectivity index (χ1v) is 5.04. The Labute approximate surface area is 89.3 Å². The third-order valence-electron chi connectivity index (χ3n) is 1.79. The van der Waals surface area contributed by atoms with Crippen molar-refractivity contribution in [3.63, 3.8) is 0 Å². The van der Waals surface area contributed by atoms with Crippen LogP contribution in [0.15, 0.2) is 12.2 Å². The van der Waals surface area contributed by atoms with Crippen LogP contribution < -0.4 is 0 Å². The maximum atomic E-state index is 8.00. The smallest absolute Gasteiger partial charge is 0.104 e. The van der Waals surface area contributed by atoms with Gasteiger partial charge in [0.15, 0.2) is 0 Å². The van der Waals surface area contributed by atoms with Gasteiger partial charge in [0.1, 0.15) is 12.2 Å². The van der Waals surface area contributed by atoms with Crippen molar-refractivity contribution >= 4 is 0 Å². The molecule has 0 radical (unpaired) electrons. The van der Waals surface area contributed by atoms with Gasteiger partial charge in [0.25, 0.3) is 0 Å². The van der Waals surface area contributed by atoms with Crippen molar-refractivity contribution in [2.24, 2.45) is 0 Å². The standard InChI is InChI=1S/C6H10O3.C4H8O2/c1(5-3-8-5)7-2-6-4-9-6;5-3-1-2-4-6/h5-6H,1-4H2;1-2,5-6H,3-4H2/b;2-1+. The van der Waals surface area contributed by atoms with Crippen molar-refractivity contribution < 1.29 is 24.4 Å². The van der Waals surface area contributed by atoms with Crippen molar-refractivity contribution in [1.29, 1.82) is 0 Å². The van der Waals surface area contributed by atoms with Crippen LogP contribution in [0.1, 0.15) is 0 Å². The summed E-state index contributed by atoms with van der Waals surface area (Å²) in [7, 11) is 0. The first kappa shape index (κ1) is 12.6. The van der Waals surface area contributed by atoms with Crippen molar-refractivity contribution in [3.8, 4) is 0 Å². The van der Waals surface area contributed by atoms with E-state index in [1.165, 1.54) is 12.2 Å². The van der Waals surface area contributed by atoms with E-state index in [4.69, 9.17) is 24.4 Å². The van der Waals surface area contributed by atoms with Crippen molar-refractivity contribution in [3.05, 3.63) is 12.2 Å². The molecule has 2 aliphatic rings. The van der Waals surface area contributed by atoms with Crippen molar-refractivity contribution in [2.45, 2.75) is 12.2 Å². The van der Waals surface area contributed by atoms with Gasteiger partial charge < -0.3 is 24.4 Å². The van der Waals surface area contributed by atoms with Gasteiger partial charge >= 0.3 is 0 Å². The Hall–Kier alpha value is -0.460. The molecule has 5 heteroatoms. The van der Waals surface area contributed by atoms with Crippen LogP contribution in [0.2, 0.25) is 0 Å². The number of aliphatic hydroxyl groups is 2. The highest BCUT2D eigenvalue weighted by atomic mass is 16.6. The summed E-state index contributed by atoms with van der Waals surface area (Å²) in [6.45, 7) is 3.29. The lowest BCUT2D eigenvalue weighted by Gasteiger charge is -1.95. The minimum atomic E-state index is 0.0144. The summed E-state index contributed by atoms with van der Waals surface area (Å²) in [5.41, 5.74) is 0. The summed E-state index contributed by atoms with van der Waals surface area (Å²) >= 11 is 0. The molecule has 0 aliphatic carbocycles. The number of ether oxygens (including phenoxy) is 3. The Balaban J connectivity index is 0.000000167. The predicted molar refractivity (Wildman–Crippen MR) is 53.6 cm³/mol. The van der Waals surface area contributed by atoms with Crippen LogP contribution >= 0.6 is 0 Å². The van der Waals surface area contributed by atoms with Gasteiger partial charge in [0, 0.05) is 0 Å². The molecule has 5 nitrogen and oxygen atoms in total. The van der Waals surface area contributed by atoms with Gasteiger partial charge in [-0.05, 0) is 0 Å². The van der Waals surface area contributed by atoms with Crippen LogP contribution in [0.4, 0.5) is 0 Å². The number of hydrogen-bond acceptors (Lipinski definition) is 5. The Morgan fingerprint density at radius 3 is 1.67 bits per heavy atom. The van der Waals surface area contributed by atoms with Crippen LogP contribution in [-0.4, -0.2) is 62.1 Å². The summed E-state index contributed by atoms with van der Waals surface area (Å²) in [6.07, 6.45) is 3.76. The minimum absolute atomic E-state index is 0.0144. The van der Waals surface area contributed by atoms with Crippen LogP contribution in [-0.2, 0) is 14.2 Å². The fourth-order valence-electron chi connectivity index (χ4n) is 0.809. The monoisotopic (exact) mass is 218 g/mol. The van der Waals surface area contributed by atoms with E-state index in [1.54, 1.807) is 0 Å². The fraction of sp³-hybridized carbons (Fsp3) is 0.800. The zero-order valence-electron chi connectivity index (χ0n) is 8.67. The summed E-state index contributed by atoms with van der Waals surface area (Å²) in [5.74, 6) is 0. The SMILES string of the molecule is C(OCC1CO1)C1CO1.OC/C=C/CO. The third kappa shape index (κ3) is 8.53. The minimum Gasteiger partial charge on any atom is -0.392 e. The number of epoxide rings is 2. The molecule has 2 heterocycles. The molecule has 2 fully saturated rings. The average molecular weight is 218 g/mol. The van der Waals surface area contributed by atoms with Gasteiger partial charge in [-0.2, -0.15) is 0 Å².